The lowest BCUT2D eigenvalue weighted by Crippen LogP contribution is -2.43. The highest BCUT2D eigenvalue weighted by Crippen LogP contribution is 2.29. The third-order valence-electron chi connectivity index (χ3n) is 5.00. The maximum Gasteiger partial charge on any atom is 0.387 e. The Kier molecular flexibility index (Phi) is 7.64. The van der Waals surface area contributed by atoms with Gasteiger partial charge in [0.25, 0.3) is 5.56 Å². The molecule has 184 valence electrons. The molecule has 2 N–H and O–H groups in total. The van der Waals surface area contributed by atoms with Gasteiger partial charge in [-0.3, -0.25) is 18.7 Å². The minimum absolute atomic E-state index is 0.00647. The molecule has 0 amide bonds. The van der Waals surface area contributed by atoms with Crippen LogP contribution < -0.4 is 26.5 Å². The van der Waals surface area contributed by atoms with E-state index in [0.717, 1.165) is 27.3 Å². The number of alkyl halides is 2. The molecule has 0 aliphatic rings. The Morgan fingerprint density at radius 2 is 1.74 bits per heavy atom. The van der Waals surface area contributed by atoms with Gasteiger partial charge in [0.05, 0.1) is 19.2 Å². The van der Waals surface area contributed by atoms with E-state index in [1.54, 1.807) is 30.3 Å². The van der Waals surface area contributed by atoms with E-state index in [4.69, 9.17) is 15.2 Å². The van der Waals surface area contributed by atoms with Crippen LogP contribution in [-0.2, 0) is 18.3 Å². The number of Topliss-reactive ketones (excluding diaryl/α,β-unsaturated/α-hetero) is 1. The van der Waals surface area contributed by atoms with Gasteiger partial charge in [-0.05, 0) is 23.8 Å². The van der Waals surface area contributed by atoms with Crippen LogP contribution >= 0.6 is 0 Å². The highest BCUT2D eigenvalue weighted by atomic mass is 19.3. The van der Waals surface area contributed by atoms with E-state index >= 15 is 0 Å². The molecule has 0 atom stereocenters. The average molecular weight is 489 g/mol. The van der Waals surface area contributed by atoms with Gasteiger partial charge in [-0.2, -0.15) is 8.78 Å². The number of hydrogen-bond donors (Lipinski definition) is 1. The Morgan fingerprint density at radius 1 is 1.06 bits per heavy atom. The molecule has 3 rings (SSSR count). The van der Waals surface area contributed by atoms with Crippen molar-refractivity contribution in [2.45, 2.75) is 13.2 Å². The molecule has 0 saturated carbocycles. The molecule has 0 radical (unpaired) electrons. The summed E-state index contributed by atoms with van der Waals surface area (Å²) in [7, 11) is 2.39. The van der Waals surface area contributed by atoms with Gasteiger partial charge in [0.1, 0.15) is 11.4 Å². The Bertz CT molecular complexity index is 1370. The van der Waals surface area contributed by atoms with Crippen molar-refractivity contribution in [1.82, 2.24) is 9.13 Å². The second kappa shape index (κ2) is 10.6. The lowest BCUT2D eigenvalue weighted by atomic mass is 10.1. The molecule has 0 aliphatic carbocycles. The minimum Gasteiger partial charge on any atom is -0.493 e. The molecule has 10 nitrogen and oxygen atoms in total. The molecule has 1 heterocycles. The number of methoxy groups -OCH3 is 1. The number of nitrogens with two attached hydrogens (primary N) is 1. The number of carbonyl (C=O) groups excluding carboxylic acids is 2. The van der Waals surface area contributed by atoms with Gasteiger partial charge in [0.15, 0.2) is 18.1 Å². The number of hydrogen-bond acceptors (Lipinski definition) is 8. The van der Waals surface area contributed by atoms with Crippen LogP contribution in [0.15, 0.2) is 58.1 Å². The highest BCUT2D eigenvalue weighted by Gasteiger charge is 2.23. The maximum atomic E-state index is 12.8. The predicted octanol–water partition coefficient (Wildman–Crippen LogP) is 1.83. The van der Waals surface area contributed by atoms with E-state index in [9.17, 15) is 28.0 Å². The van der Waals surface area contributed by atoms with Gasteiger partial charge in [-0.25, -0.2) is 9.59 Å². The van der Waals surface area contributed by atoms with Crippen molar-refractivity contribution in [3.05, 3.63) is 86.1 Å². The zero-order chi connectivity index (χ0) is 25.7. The first kappa shape index (κ1) is 25.1. The number of nitrogens with zero attached hydrogens (tertiary/aromatic N) is 2. The molecule has 0 bridgehead atoms. The topological polar surface area (TPSA) is 132 Å². The third kappa shape index (κ3) is 5.54. The summed E-state index contributed by atoms with van der Waals surface area (Å²) >= 11 is 0. The second-order valence-corrected chi connectivity index (χ2v) is 7.22. The van der Waals surface area contributed by atoms with E-state index in [0.29, 0.717) is 5.56 Å². The van der Waals surface area contributed by atoms with Gasteiger partial charge in [-0.15, -0.1) is 0 Å². The Hall–Kier alpha value is -4.48. The smallest absolute Gasteiger partial charge is 0.387 e. The van der Waals surface area contributed by atoms with Gasteiger partial charge < -0.3 is 19.9 Å². The fourth-order valence-electron chi connectivity index (χ4n) is 3.24. The molecule has 0 fully saturated rings. The molecule has 3 aromatic rings. The second-order valence-electron chi connectivity index (χ2n) is 7.22. The van der Waals surface area contributed by atoms with E-state index < -0.39 is 41.8 Å². The van der Waals surface area contributed by atoms with Crippen LogP contribution in [0.4, 0.5) is 14.6 Å². The summed E-state index contributed by atoms with van der Waals surface area (Å²) in [5.41, 5.74) is 4.44. The molecule has 2 aromatic carbocycles. The number of nitrogen functional groups attached to an aromatic ring is 1. The van der Waals surface area contributed by atoms with Crippen LogP contribution in [0.25, 0.3) is 0 Å². The SMILES string of the molecule is COc1cc(C(=O)OCC(=O)c2c(N)n(Cc3ccccc3)c(=O)n(C)c2=O)ccc1OC(F)F. The van der Waals surface area contributed by atoms with Crippen LogP contribution in [0.2, 0.25) is 0 Å². The van der Waals surface area contributed by atoms with Crippen molar-refractivity contribution in [2.75, 3.05) is 19.5 Å². The number of anilines is 1. The molecule has 1 aromatic heterocycles. The van der Waals surface area contributed by atoms with E-state index in [1.807, 2.05) is 0 Å². The quantitative estimate of drug-likeness (QED) is 0.356. The van der Waals surface area contributed by atoms with Gasteiger partial charge in [-0.1, -0.05) is 30.3 Å². The van der Waals surface area contributed by atoms with E-state index in [1.165, 1.54) is 14.2 Å². The molecule has 0 aliphatic heterocycles. The average Bonchev–Trinajstić information content (AvgIpc) is 2.84. The number of esters is 1. The van der Waals surface area contributed by atoms with E-state index in [-0.39, 0.29) is 29.4 Å². The Labute approximate surface area is 197 Å². The van der Waals surface area contributed by atoms with Crippen LogP contribution in [0.1, 0.15) is 26.3 Å². The van der Waals surface area contributed by atoms with Gasteiger partial charge in [0.2, 0.25) is 5.78 Å². The standard InChI is InChI=1S/C23H21F2N3O7/c1-27-20(30)18(19(26)28(23(27)32)11-13-6-4-3-5-7-13)15(29)12-34-21(31)14-8-9-16(35-22(24)25)17(10-14)33-2/h3-10,22H,11-12,26H2,1-2H3. The lowest BCUT2D eigenvalue weighted by Gasteiger charge is -2.15. The van der Waals surface area contributed by atoms with Crippen molar-refractivity contribution >= 4 is 17.6 Å². The number of aromatic nitrogens is 2. The van der Waals surface area contributed by atoms with Crippen molar-refractivity contribution in [2.24, 2.45) is 7.05 Å². The normalized spacial score (nSPS) is 10.8. The van der Waals surface area contributed by atoms with Gasteiger partial charge in [0, 0.05) is 7.05 Å². The van der Waals surface area contributed by atoms with Crippen LogP contribution in [0.3, 0.4) is 0 Å². The van der Waals surface area contributed by atoms with E-state index in [2.05, 4.69) is 4.74 Å². The van der Waals surface area contributed by atoms with Gasteiger partial charge >= 0.3 is 18.3 Å². The summed E-state index contributed by atoms with van der Waals surface area (Å²) < 4.78 is 40.9. The van der Waals surface area contributed by atoms with Crippen molar-refractivity contribution in [3.63, 3.8) is 0 Å². The van der Waals surface area contributed by atoms with Crippen LogP contribution in [-0.4, -0.2) is 41.2 Å². The fraction of sp³-hybridized carbons (Fsp3) is 0.217. The minimum atomic E-state index is -3.10. The summed E-state index contributed by atoms with van der Waals surface area (Å²) in [5.74, 6) is -2.74. The molecule has 0 spiro atoms. The molecular formula is C23H21F2N3O7. The third-order valence-corrected chi connectivity index (χ3v) is 5.00. The molecule has 12 heteroatoms. The largest absolute Gasteiger partial charge is 0.493 e. The van der Waals surface area contributed by atoms with Crippen LogP contribution in [0, 0.1) is 0 Å². The summed E-state index contributed by atoms with van der Waals surface area (Å²) in [6, 6.07) is 12.1. The first-order chi connectivity index (χ1) is 16.6. The number of carbonyl (C=O) groups is 2. The lowest BCUT2D eigenvalue weighted by molar-refractivity contribution is -0.0512. The zero-order valence-electron chi connectivity index (χ0n) is 18.7. The summed E-state index contributed by atoms with van der Waals surface area (Å²) in [6.07, 6.45) is 0. The van der Waals surface area contributed by atoms with Crippen molar-refractivity contribution < 1.29 is 32.6 Å². The number of rotatable bonds is 9. The number of halogens is 2. The van der Waals surface area contributed by atoms with Crippen molar-refractivity contribution in [1.29, 1.82) is 0 Å². The maximum absolute atomic E-state index is 12.8. The number of ketones is 1. The summed E-state index contributed by atoms with van der Waals surface area (Å²) in [6.45, 7) is -3.95. The number of ether oxygens (including phenoxy) is 3. The summed E-state index contributed by atoms with van der Waals surface area (Å²) in [5, 5.41) is 0. The molecule has 35 heavy (non-hydrogen) atoms. The van der Waals surface area contributed by atoms with Crippen LogP contribution in [0.5, 0.6) is 11.5 Å². The molecular weight excluding hydrogens is 468 g/mol. The molecule has 0 unspecified atom stereocenters. The zero-order valence-corrected chi connectivity index (χ0v) is 18.7. The van der Waals surface area contributed by atoms with Crippen molar-refractivity contribution in [3.8, 4) is 11.5 Å². The monoisotopic (exact) mass is 489 g/mol. The summed E-state index contributed by atoms with van der Waals surface area (Å²) in [4.78, 5) is 50.3. The highest BCUT2D eigenvalue weighted by molar-refractivity contribution is 6.02. The molecule has 0 saturated heterocycles. The first-order valence-electron chi connectivity index (χ1n) is 10.1. The Morgan fingerprint density at radius 3 is 2.37 bits per heavy atom. The fourth-order valence-corrected chi connectivity index (χ4v) is 3.24. The number of benzene rings is 2. The Balaban J connectivity index is 1.83. The first-order valence-corrected chi connectivity index (χ1v) is 10.1. The predicted molar refractivity (Wildman–Crippen MR) is 120 cm³/mol.